The van der Waals surface area contributed by atoms with E-state index in [4.69, 9.17) is 23.7 Å². The third kappa shape index (κ3) is 5.46. The van der Waals surface area contributed by atoms with Crippen LogP contribution >= 0.6 is 0 Å². The van der Waals surface area contributed by atoms with Crippen LogP contribution in [0.5, 0.6) is 23.0 Å². The van der Waals surface area contributed by atoms with Gasteiger partial charge in [0.2, 0.25) is 0 Å². The van der Waals surface area contributed by atoms with Crippen molar-refractivity contribution in [1.82, 2.24) is 5.32 Å². The molecule has 2 aromatic carbocycles. The summed E-state index contributed by atoms with van der Waals surface area (Å²) in [6.07, 6.45) is 1.28. The number of Topliss-reactive ketones (excluding diaryl/α,β-unsaturated/α-hetero) is 1. The lowest BCUT2D eigenvalue weighted by molar-refractivity contribution is -0.144. The molecule has 0 fully saturated rings. The second-order valence-electron chi connectivity index (χ2n) is 9.86. The van der Waals surface area contributed by atoms with Gasteiger partial charge in [-0.25, -0.2) is 4.79 Å². The Bertz CT molecular complexity index is 1330. The summed E-state index contributed by atoms with van der Waals surface area (Å²) >= 11 is 0. The summed E-state index contributed by atoms with van der Waals surface area (Å²) in [7, 11) is 6.34. The van der Waals surface area contributed by atoms with Crippen LogP contribution in [0.15, 0.2) is 58.9 Å². The van der Waals surface area contributed by atoms with Crippen molar-refractivity contribution < 1.29 is 33.3 Å². The van der Waals surface area contributed by atoms with Crippen LogP contribution in [0.3, 0.4) is 0 Å². The fraction of sp³-hybridized carbons (Fsp3) is 0.419. The molecular weight excluding hydrogens is 498 g/mol. The number of hydrogen-bond acceptors (Lipinski definition) is 8. The largest absolute Gasteiger partial charge is 0.497 e. The van der Waals surface area contributed by atoms with Crippen LogP contribution in [0, 0.1) is 0 Å². The Balaban J connectivity index is 1.83. The molecule has 208 valence electrons. The lowest BCUT2D eigenvalue weighted by Crippen LogP contribution is -2.36. The molecular formula is C31H37NO7. The minimum absolute atomic E-state index is 0.0419. The first kappa shape index (κ1) is 28.1. The first-order chi connectivity index (χ1) is 18.8. The predicted octanol–water partition coefficient (Wildman–Crippen LogP) is 5.42. The Hall–Kier alpha value is -3.94. The number of esters is 1. The highest BCUT2D eigenvalue weighted by molar-refractivity contribution is 6.04. The van der Waals surface area contributed by atoms with Gasteiger partial charge in [-0.1, -0.05) is 13.0 Å². The molecule has 1 aliphatic heterocycles. The molecule has 0 radical (unpaired) electrons. The second-order valence-corrected chi connectivity index (χ2v) is 9.86. The van der Waals surface area contributed by atoms with Gasteiger partial charge in [-0.05, 0) is 68.5 Å². The number of ketones is 1. The molecule has 1 N–H and O–H groups in total. The maximum Gasteiger partial charge on any atom is 0.337 e. The van der Waals surface area contributed by atoms with E-state index >= 15 is 0 Å². The van der Waals surface area contributed by atoms with Gasteiger partial charge in [-0.3, -0.25) is 4.79 Å². The highest BCUT2D eigenvalue weighted by Crippen LogP contribution is 2.49. The van der Waals surface area contributed by atoms with E-state index in [9.17, 15) is 9.59 Å². The number of benzene rings is 2. The molecule has 3 atom stereocenters. The van der Waals surface area contributed by atoms with Crippen molar-refractivity contribution in [2.75, 3.05) is 28.4 Å². The van der Waals surface area contributed by atoms with Crippen LogP contribution in [-0.4, -0.2) is 46.3 Å². The Morgan fingerprint density at radius 1 is 0.949 bits per heavy atom. The number of carbonyl (C=O) groups excluding carboxylic acids is 2. The summed E-state index contributed by atoms with van der Waals surface area (Å²) in [4.78, 5) is 27.5. The molecule has 39 heavy (non-hydrogen) atoms. The fourth-order valence-corrected chi connectivity index (χ4v) is 5.36. The Labute approximate surface area is 229 Å². The lowest BCUT2D eigenvalue weighted by atomic mass is 9.71. The normalized spacial score (nSPS) is 19.6. The summed E-state index contributed by atoms with van der Waals surface area (Å²) in [5.41, 5.74) is 4.06. The Kier molecular flexibility index (Phi) is 8.53. The molecule has 2 aromatic rings. The van der Waals surface area contributed by atoms with Crippen molar-refractivity contribution in [2.45, 2.75) is 58.0 Å². The van der Waals surface area contributed by atoms with E-state index in [1.54, 1.807) is 40.6 Å². The smallest absolute Gasteiger partial charge is 0.337 e. The maximum atomic E-state index is 14.0. The molecule has 0 unspecified atom stereocenters. The lowest BCUT2D eigenvalue weighted by Gasteiger charge is -2.37. The van der Waals surface area contributed by atoms with Crippen molar-refractivity contribution in [3.63, 3.8) is 0 Å². The van der Waals surface area contributed by atoms with E-state index in [1.165, 1.54) is 0 Å². The monoisotopic (exact) mass is 535 g/mol. The van der Waals surface area contributed by atoms with Crippen LogP contribution in [0.2, 0.25) is 0 Å². The molecule has 0 saturated carbocycles. The van der Waals surface area contributed by atoms with E-state index in [0.717, 1.165) is 11.3 Å². The van der Waals surface area contributed by atoms with Crippen LogP contribution in [-0.2, 0) is 14.3 Å². The van der Waals surface area contributed by atoms with Crippen molar-refractivity contribution in [3.8, 4) is 23.0 Å². The predicted molar refractivity (Wildman–Crippen MR) is 148 cm³/mol. The summed E-state index contributed by atoms with van der Waals surface area (Å²) in [6.45, 7) is 5.66. The highest BCUT2D eigenvalue weighted by Gasteiger charge is 2.43. The Morgan fingerprint density at radius 3 is 2.28 bits per heavy atom. The molecule has 1 aliphatic carbocycles. The SMILES string of the molecule is CC[C@H](C)OC(=O)C1=C(C)NC2=C(C(=O)C[C@@H](c3ccc(OC)c(OC)c3)C2)[C@H]1c1cc(OC)ccc1OC. The summed E-state index contributed by atoms with van der Waals surface area (Å²) in [5.74, 6) is 1.18. The highest BCUT2D eigenvalue weighted by atomic mass is 16.5. The van der Waals surface area contributed by atoms with Crippen molar-refractivity contribution in [3.05, 3.63) is 70.1 Å². The average molecular weight is 536 g/mol. The number of rotatable bonds is 9. The molecule has 0 saturated heterocycles. The van der Waals surface area contributed by atoms with Gasteiger partial charge in [-0.15, -0.1) is 0 Å². The van der Waals surface area contributed by atoms with E-state index in [0.29, 0.717) is 58.2 Å². The van der Waals surface area contributed by atoms with Crippen LogP contribution in [0.1, 0.15) is 63.0 Å². The standard InChI is InChI=1S/C31H37NO7/c1-8-17(2)39-31(34)28-18(3)32-23-13-20(19-9-11-26(37-6)27(15-19)38-7)14-24(33)30(23)29(28)22-16-21(35-4)10-12-25(22)36-5/h9-12,15-17,20,29,32H,8,13-14H2,1-7H3/t17-,20-,29-/m0/s1. The fourth-order valence-electron chi connectivity index (χ4n) is 5.36. The van der Waals surface area contributed by atoms with E-state index in [-0.39, 0.29) is 24.2 Å². The number of carbonyl (C=O) groups is 2. The molecule has 0 spiro atoms. The van der Waals surface area contributed by atoms with Crippen molar-refractivity contribution in [1.29, 1.82) is 0 Å². The van der Waals surface area contributed by atoms with E-state index < -0.39 is 11.9 Å². The molecule has 4 rings (SSSR count). The topological polar surface area (TPSA) is 92.3 Å². The summed E-state index contributed by atoms with van der Waals surface area (Å²) < 4.78 is 27.9. The molecule has 0 amide bonds. The summed E-state index contributed by atoms with van der Waals surface area (Å²) in [6, 6.07) is 11.2. The van der Waals surface area contributed by atoms with Gasteiger partial charge >= 0.3 is 5.97 Å². The van der Waals surface area contributed by atoms with Crippen LogP contribution < -0.4 is 24.3 Å². The van der Waals surface area contributed by atoms with Crippen LogP contribution in [0.25, 0.3) is 0 Å². The average Bonchev–Trinajstić information content (AvgIpc) is 2.95. The molecule has 0 bridgehead atoms. The minimum atomic E-state index is -0.665. The third-order valence-corrected chi connectivity index (χ3v) is 7.56. The number of allylic oxidation sites excluding steroid dienone is 3. The van der Waals surface area contributed by atoms with Gasteiger partial charge < -0.3 is 29.0 Å². The van der Waals surface area contributed by atoms with Gasteiger partial charge in [0.25, 0.3) is 0 Å². The van der Waals surface area contributed by atoms with Gasteiger partial charge in [0, 0.05) is 29.0 Å². The first-order valence-electron chi connectivity index (χ1n) is 13.1. The van der Waals surface area contributed by atoms with E-state index in [2.05, 4.69) is 5.32 Å². The number of hydrogen-bond donors (Lipinski definition) is 1. The number of nitrogens with one attached hydrogen (secondary N) is 1. The third-order valence-electron chi connectivity index (χ3n) is 7.56. The zero-order chi connectivity index (χ0) is 28.3. The van der Waals surface area contributed by atoms with E-state index in [1.807, 2.05) is 45.0 Å². The maximum absolute atomic E-state index is 14.0. The first-order valence-corrected chi connectivity index (χ1v) is 13.1. The quantitative estimate of drug-likeness (QED) is 0.426. The van der Waals surface area contributed by atoms with Crippen LogP contribution in [0.4, 0.5) is 0 Å². The molecule has 8 nitrogen and oxygen atoms in total. The van der Waals surface area contributed by atoms with Crippen molar-refractivity contribution in [2.24, 2.45) is 0 Å². The molecule has 8 heteroatoms. The Morgan fingerprint density at radius 2 is 1.64 bits per heavy atom. The second kappa shape index (κ2) is 11.8. The van der Waals surface area contributed by atoms with Gasteiger partial charge in [0.05, 0.1) is 46.0 Å². The van der Waals surface area contributed by atoms with Gasteiger partial charge in [0.1, 0.15) is 11.5 Å². The van der Waals surface area contributed by atoms with Gasteiger partial charge in [-0.2, -0.15) is 0 Å². The molecule has 0 aromatic heterocycles. The number of ether oxygens (including phenoxy) is 5. The summed E-state index contributed by atoms with van der Waals surface area (Å²) in [5, 5.41) is 3.40. The molecule has 2 aliphatic rings. The number of methoxy groups -OCH3 is 4. The molecule has 1 heterocycles. The van der Waals surface area contributed by atoms with Gasteiger partial charge in [0.15, 0.2) is 17.3 Å². The zero-order valence-corrected chi connectivity index (χ0v) is 23.7. The number of dihydropyridines is 1. The minimum Gasteiger partial charge on any atom is -0.497 e. The zero-order valence-electron chi connectivity index (χ0n) is 23.7. The van der Waals surface area contributed by atoms with Crippen molar-refractivity contribution >= 4 is 11.8 Å².